The minimum Gasteiger partial charge on any atom is -0.478 e. The summed E-state index contributed by atoms with van der Waals surface area (Å²) in [6.07, 6.45) is 5.88. The molecule has 2 aliphatic heterocycles. The van der Waals surface area contributed by atoms with Crippen LogP contribution in [0.25, 0.3) is 0 Å². The van der Waals surface area contributed by atoms with Crippen molar-refractivity contribution in [2.75, 3.05) is 0 Å². The topological polar surface area (TPSA) is 43.4 Å². The second-order valence-corrected chi connectivity index (χ2v) is 8.63. The third kappa shape index (κ3) is 2.49. The van der Waals surface area contributed by atoms with Gasteiger partial charge in [0.15, 0.2) is 11.4 Å². The minimum absolute atomic E-state index is 0.0774. The number of hydrogen-bond donors (Lipinski definition) is 0. The summed E-state index contributed by atoms with van der Waals surface area (Å²) in [7, 11) is 0. The number of hydrogen-bond acceptors (Lipinski definition) is 3. The molecule has 0 saturated carbocycles. The quantitative estimate of drug-likeness (QED) is 0.656. The van der Waals surface area contributed by atoms with Gasteiger partial charge in [-0.05, 0) is 48.3 Å². The van der Waals surface area contributed by atoms with Crippen molar-refractivity contribution in [3.05, 3.63) is 34.6 Å². The highest BCUT2D eigenvalue weighted by Gasteiger charge is 2.54. The molecule has 0 amide bonds. The lowest BCUT2D eigenvalue weighted by atomic mass is 9.73. The number of Topliss-reactive ketones (excluding diaryl/α,β-unsaturated/α-hetero) is 2. The van der Waals surface area contributed by atoms with Crippen LogP contribution in [0.1, 0.15) is 60.8 Å². The Morgan fingerprint density at radius 3 is 2.50 bits per heavy atom. The van der Waals surface area contributed by atoms with Crippen LogP contribution in [0.3, 0.4) is 0 Å². The van der Waals surface area contributed by atoms with Gasteiger partial charge in [0.2, 0.25) is 5.78 Å². The van der Waals surface area contributed by atoms with E-state index < -0.39 is 5.60 Å². The van der Waals surface area contributed by atoms with Crippen molar-refractivity contribution in [3.8, 4) is 0 Å². The van der Waals surface area contributed by atoms with E-state index in [1.54, 1.807) is 0 Å². The zero-order valence-electron chi connectivity index (χ0n) is 15.7. The molecule has 3 nitrogen and oxygen atoms in total. The monoisotopic (exact) mass is 328 g/mol. The van der Waals surface area contributed by atoms with Gasteiger partial charge >= 0.3 is 0 Å². The molecule has 2 heterocycles. The lowest BCUT2D eigenvalue weighted by Gasteiger charge is -2.33. The number of ketones is 2. The van der Waals surface area contributed by atoms with Gasteiger partial charge in [-0.3, -0.25) is 9.59 Å². The maximum atomic E-state index is 13.1. The van der Waals surface area contributed by atoms with E-state index in [0.717, 1.165) is 22.5 Å². The number of carbonyl (C=O) groups excluding carboxylic acids is 2. The fourth-order valence-electron chi connectivity index (χ4n) is 4.11. The van der Waals surface area contributed by atoms with Crippen LogP contribution in [0.2, 0.25) is 0 Å². The van der Waals surface area contributed by atoms with Gasteiger partial charge in [-0.2, -0.15) is 0 Å². The van der Waals surface area contributed by atoms with Gasteiger partial charge in [0.1, 0.15) is 5.76 Å². The van der Waals surface area contributed by atoms with E-state index in [0.29, 0.717) is 19.3 Å². The summed E-state index contributed by atoms with van der Waals surface area (Å²) in [5.41, 5.74) is 1.35. The second kappa shape index (κ2) is 5.44. The summed E-state index contributed by atoms with van der Waals surface area (Å²) in [6.45, 7) is 12.3. The first-order chi connectivity index (χ1) is 11.1. The third-order valence-electron chi connectivity index (χ3n) is 6.22. The van der Waals surface area contributed by atoms with Gasteiger partial charge in [-0.1, -0.05) is 33.8 Å². The van der Waals surface area contributed by atoms with Crippen molar-refractivity contribution < 1.29 is 14.3 Å². The molecular formula is C21H28O3. The molecule has 0 radical (unpaired) electrons. The standard InChI is InChI=1S/C21H28O3/c1-12-7-16-8-13(2)17(22)9-14(3)20(5,6)11-18-15(4)19(23)21(16,10-12)24-18/h7-8,12,14H,9-11H2,1-6H3/b13-8-/t12-,14-,21+/m0/s1. The molecule has 2 bridgehead atoms. The maximum absolute atomic E-state index is 13.1. The van der Waals surface area contributed by atoms with Gasteiger partial charge in [0.05, 0.1) is 0 Å². The Hall–Kier alpha value is -1.64. The molecule has 130 valence electrons. The largest absolute Gasteiger partial charge is 0.478 e. The van der Waals surface area contributed by atoms with Gasteiger partial charge < -0.3 is 4.74 Å². The molecule has 1 aliphatic carbocycles. The van der Waals surface area contributed by atoms with Crippen LogP contribution in [-0.4, -0.2) is 17.2 Å². The Balaban J connectivity index is 2.15. The number of carbonyl (C=O) groups is 2. The first-order valence-corrected chi connectivity index (χ1v) is 8.94. The van der Waals surface area contributed by atoms with Crippen LogP contribution in [0.4, 0.5) is 0 Å². The fraction of sp³-hybridized carbons (Fsp3) is 0.619. The number of allylic oxidation sites excluding steroid dienone is 3. The van der Waals surface area contributed by atoms with E-state index in [2.05, 4.69) is 33.8 Å². The summed E-state index contributed by atoms with van der Waals surface area (Å²) in [4.78, 5) is 25.7. The second-order valence-electron chi connectivity index (χ2n) is 8.63. The van der Waals surface area contributed by atoms with E-state index in [4.69, 9.17) is 4.74 Å². The normalized spacial score (nSPS) is 38.1. The number of ether oxygens (including phenoxy) is 1. The molecule has 1 spiro atoms. The Kier molecular flexibility index (Phi) is 3.89. The molecule has 0 aromatic heterocycles. The Labute approximate surface area is 144 Å². The molecule has 0 fully saturated rings. The molecule has 0 aromatic carbocycles. The summed E-state index contributed by atoms with van der Waals surface area (Å²) in [6, 6.07) is 0. The van der Waals surface area contributed by atoms with E-state index in [1.165, 1.54) is 0 Å². The summed E-state index contributed by atoms with van der Waals surface area (Å²) in [5.74, 6) is 1.55. The maximum Gasteiger partial charge on any atom is 0.210 e. The first-order valence-electron chi connectivity index (χ1n) is 8.94. The molecule has 0 N–H and O–H groups in total. The smallest absolute Gasteiger partial charge is 0.210 e. The molecule has 3 heteroatoms. The minimum atomic E-state index is -0.899. The molecule has 3 aliphatic rings. The third-order valence-corrected chi connectivity index (χ3v) is 6.22. The van der Waals surface area contributed by atoms with Crippen LogP contribution in [0.5, 0.6) is 0 Å². The highest BCUT2D eigenvalue weighted by molar-refractivity contribution is 6.07. The lowest BCUT2D eigenvalue weighted by Crippen LogP contribution is -2.37. The van der Waals surface area contributed by atoms with E-state index in [1.807, 2.05) is 19.9 Å². The summed E-state index contributed by atoms with van der Waals surface area (Å²) in [5, 5.41) is 0. The van der Waals surface area contributed by atoms with Gasteiger partial charge in [0.25, 0.3) is 0 Å². The van der Waals surface area contributed by atoms with E-state index in [9.17, 15) is 9.59 Å². The van der Waals surface area contributed by atoms with Crippen molar-refractivity contribution in [1.29, 1.82) is 0 Å². The zero-order valence-corrected chi connectivity index (χ0v) is 15.7. The predicted octanol–water partition coefficient (Wildman–Crippen LogP) is 4.54. The molecule has 3 atom stereocenters. The van der Waals surface area contributed by atoms with E-state index in [-0.39, 0.29) is 28.8 Å². The van der Waals surface area contributed by atoms with Crippen molar-refractivity contribution in [1.82, 2.24) is 0 Å². The number of fused-ring (bicyclic) bond motifs is 1. The summed E-state index contributed by atoms with van der Waals surface area (Å²) < 4.78 is 6.37. The molecule has 0 saturated heterocycles. The van der Waals surface area contributed by atoms with Crippen molar-refractivity contribution in [2.45, 2.75) is 66.4 Å². The predicted molar refractivity (Wildman–Crippen MR) is 94.3 cm³/mol. The van der Waals surface area contributed by atoms with Crippen molar-refractivity contribution >= 4 is 11.6 Å². The van der Waals surface area contributed by atoms with Crippen LogP contribution in [-0.2, 0) is 14.3 Å². The average molecular weight is 328 g/mol. The molecular weight excluding hydrogens is 300 g/mol. The lowest BCUT2D eigenvalue weighted by molar-refractivity contribution is -0.127. The Morgan fingerprint density at radius 2 is 1.83 bits per heavy atom. The molecule has 3 rings (SSSR count). The Bertz CT molecular complexity index is 705. The van der Waals surface area contributed by atoms with Gasteiger partial charge in [0, 0.05) is 24.8 Å². The highest BCUT2D eigenvalue weighted by Crippen LogP contribution is 2.50. The van der Waals surface area contributed by atoms with E-state index >= 15 is 0 Å². The van der Waals surface area contributed by atoms with Crippen molar-refractivity contribution in [2.24, 2.45) is 17.3 Å². The van der Waals surface area contributed by atoms with Crippen LogP contribution < -0.4 is 0 Å². The highest BCUT2D eigenvalue weighted by atomic mass is 16.5. The van der Waals surface area contributed by atoms with Gasteiger partial charge in [-0.15, -0.1) is 0 Å². The summed E-state index contributed by atoms with van der Waals surface area (Å²) >= 11 is 0. The van der Waals surface area contributed by atoms with Crippen LogP contribution in [0.15, 0.2) is 34.6 Å². The van der Waals surface area contributed by atoms with Crippen LogP contribution >= 0.6 is 0 Å². The number of rotatable bonds is 0. The average Bonchev–Trinajstić information content (AvgIpc) is 2.90. The Morgan fingerprint density at radius 1 is 1.17 bits per heavy atom. The molecule has 0 unspecified atom stereocenters. The van der Waals surface area contributed by atoms with Gasteiger partial charge in [-0.25, -0.2) is 0 Å². The zero-order chi connectivity index (χ0) is 17.9. The van der Waals surface area contributed by atoms with Crippen molar-refractivity contribution in [3.63, 3.8) is 0 Å². The van der Waals surface area contributed by atoms with Crippen LogP contribution in [0, 0.1) is 17.3 Å². The molecule has 0 aromatic rings. The SMILES string of the molecule is CC1=C2CC(C)(C)[C@@H](C)CC(=O)/C(C)=C\C3=C[C@H](C)C[C@]3(O2)C1=O. The molecule has 24 heavy (non-hydrogen) atoms. The first kappa shape index (κ1) is 17.2. The fourth-order valence-corrected chi connectivity index (χ4v) is 4.11.